The Kier molecular flexibility index (Phi) is 1.71. The minimum Gasteiger partial charge on any atom is -0.391 e. The number of aliphatic hydroxyl groups excluding tert-OH is 1. The molecule has 2 aromatic rings. The number of hydrogen-bond donors (Lipinski definition) is 1. The molecule has 11 heavy (non-hydrogen) atoms. The molecule has 0 atom stereocenters. The van der Waals surface area contributed by atoms with E-state index in [0.29, 0.717) is 0 Å². The van der Waals surface area contributed by atoms with Gasteiger partial charge in [-0.15, -0.1) is 22.7 Å². The molecule has 1 N–H and O–H groups in total. The van der Waals surface area contributed by atoms with Crippen LogP contribution in [-0.2, 0) is 6.61 Å². The maximum atomic E-state index is 8.86. The first-order valence-electron chi connectivity index (χ1n) is 3.38. The molecule has 1 nitrogen and oxygen atoms in total. The van der Waals surface area contributed by atoms with Crippen LogP contribution in [0.4, 0.5) is 0 Å². The molecule has 0 saturated carbocycles. The summed E-state index contributed by atoms with van der Waals surface area (Å²) >= 11 is 3.44. The lowest BCUT2D eigenvalue weighted by Gasteiger charge is -1.82. The third-order valence-corrected chi connectivity index (χ3v) is 4.03. The minimum absolute atomic E-state index is 0.172. The summed E-state index contributed by atoms with van der Waals surface area (Å²) in [5.41, 5.74) is 1.32. The van der Waals surface area contributed by atoms with Crippen molar-refractivity contribution in [2.45, 2.75) is 13.5 Å². The summed E-state index contributed by atoms with van der Waals surface area (Å²) in [6.45, 7) is 2.28. The van der Waals surface area contributed by atoms with Crippen molar-refractivity contribution >= 4 is 32.1 Å². The van der Waals surface area contributed by atoms with Crippen LogP contribution in [0.5, 0.6) is 0 Å². The molecule has 0 aliphatic rings. The Bertz CT molecular complexity index is 372. The third kappa shape index (κ3) is 1.09. The van der Waals surface area contributed by atoms with Gasteiger partial charge in [-0.25, -0.2) is 0 Å². The van der Waals surface area contributed by atoms with Crippen LogP contribution < -0.4 is 0 Å². The lowest BCUT2D eigenvalue weighted by atomic mass is 10.2. The van der Waals surface area contributed by atoms with Crippen LogP contribution >= 0.6 is 22.7 Å². The summed E-state index contributed by atoms with van der Waals surface area (Å²) in [6.07, 6.45) is 0. The van der Waals surface area contributed by atoms with E-state index in [0.717, 1.165) is 4.88 Å². The summed E-state index contributed by atoms with van der Waals surface area (Å²) in [5.74, 6) is 0. The third-order valence-electron chi connectivity index (χ3n) is 1.67. The summed E-state index contributed by atoms with van der Waals surface area (Å²) in [7, 11) is 0. The molecule has 0 unspecified atom stereocenters. The second-order valence-electron chi connectivity index (χ2n) is 2.49. The van der Waals surface area contributed by atoms with E-state index in [1.165, 1.54) is 15.0 Å². The Hall–Kier alpha value is -0.380. The highest BCUT2D eigenvalue weighted by Gasteiger charge is 2.04. The molecule has 2 rings (SSSR count). The second kappa shape index (κ2) is 2.59. The van der Waals surface area contributed by atoms with Gasteiger partial charge in [-0.3, -0.25) is 0 Å². The largest absolute Gasteiger partial charge is 0.391 e. The van der Waals surface area contributed by atoms with Gasteiger partial charge in [-0.1, -0.05) is 0 Å². The first kappa shape index (κ1) is 7.28. The van der Waals surface area contributed by atoms with Crippen molar-refractivity contribution in [1.82, 2.24) is 0 Å². The monoisotopic (exact) mass is 184 g/mol. The Morgan fingerprint density at radius 1 is 1.55 bits per heavy atom. The van der Waals surface area contributed by atoms with E-state index < -0.39 is 0 Å². The van der Waals surface area contributed by atoms with Gasteiger partial charge in [-0.2, -0.15) is 0 Å². The van der Waals surface area contributed by atoms with Crippen molar-refractivity contribution in [2.75, 3.05) is 0 Å². The van der Waals surface area contributed by atoms with Gasteiger partial charge in [0, 0.05) is 10.3 Å². The van der Waals surface area contributed by atoms with E-state index in [4.69, 9.17) is 5.11 Å². The van der Waals surface area contributed by atoms with Crippen LogP contribution in [-0.4, -0.2) is 5.11 Å². The number of thiophene rings is 2. The van der Waals surface area contributed by atoms with E-state index in [1.807, 2.05) is 0 Å². The van der Waals surface area contributed by atoms with E-state index in [9.17, 15) is 0 Å². The zero-order valence-corrected chi connectivity index (χ0v) is 7.76. The molecule has 0 aliphatic heterocycles. The zero-order chi connectivity index (χ0) is 7.84. The zero-order valence-electron chi connectivity index (χ0n) is 6.13. The fourth-order valence-corrected chi connectivity index (χ4v) is 3.29. The van der Waals surface area contributed by atoms with Crippen LogP contribution in [0.3, 0.4) is 0 Å². The van der Waals surface area contributed by atoms with Crippen LogP contribution in [0.25, 0.3) is 9.40 Å². The van der Waals surface area contributed by atoms with Crippen LogP contribution in [0.1, 0.15) is 10.4 Å². The highest BCUT2D eigenvalue weighted by atomic mass is 32.2. The number of hydrogen-bond acceptors (Lipinski definition) is 3. The first-order chi connectivity index (χ1) is 5.31. The summed E-state index contributed by atoms with van der Waals surface area (Å²) in [4.78, 5) is 1.06. The molecular weight excluding hydrogens is 176 g/mol. The Morgan fingerprint density at radius 2 is 2.36 bits per heavy atom. The standard InChI is InChI=1S/C8H8OS2/c1-5-4-10-8-7(5)2-6(3-9)11-8/h2,4,9H,3H2,1H3. The molecule has 0 aliphatic carbocycles. The SMILES string of the molecule is Cc1csc2sc(CO)cc12. The van der Waals surface area contributed by atoms with Gasteiger partial charge in [0.25, 0.3) is 0 Å². The van der Waals surface area contributed by atoms with E-state index >= 15 is 0 Å². The van der Waals surface area contributed by atoms with Gasteiger partial charge < -0.3 is 5.11 Å². The van der Waals surface area contributed by atoms with Gasteiger partial charge in [0.05, 0.1) is 10.6 Å². The smallest absolute Gasteiger partial charge is 0.0871 e. The lowest BCUT2D eigenvalue weighted by molar-refractivity contribution is 0.285. The van der Waals surface area contributed by atoms with Crippen molar-refractivity contribution in [2.24, 2.45) is 0 Å². The molecule has 0 fully saturated rings. The first-order valence-corrected chi connectivity index (χ1v) is 5.08. The molecule has 2 aromatic heterocycles. The average molecular weight is 184 g/mol. The van der Waals surface area contributed by atoms with Gasteiger partial charge in [0.15, 0.2) is 0 Å². The van der Waals surface area contributed by atoms with E-state index in [1.54, 1.807) is 22.7 Å². The van der Waals surface area contributed by atoms with Crippen LogP contribution in [0, 0.1) is 6.92 Å². The van der Waals surface area contributed by atoms with Crippen molar-refractivity contribution in [3.8, 4) is 0 Å². The topological polar surface area (TPSA) is 20.2 Å². The predicted molar refractivity (Wildman–Crippen MR) is 50.4 cm³/mol. The molecular formula is C8H8OS2. The fraction of sp³-hybridized carbons (Fsp3) is 0.250. The highest BCUT2D eigenvalue weighted by Crippen LogP contribution is 2.33. The van der Waals surface area contributed by atoms with Crippen LogP contribution in [0.2, 0.25) is 0 Å². The maximum Gasteiger partial charge on any atom is 0.0871 e. The quantitative estimate of drug-likeness (QED) is 0.722. The normalized spacial score (nSPS) is 11.1. The molecule has 2 heterocycles. The maximum absolute atomic E-state index is 8.86. The van der Waals surface area contributed by atoms with Crippen molar-refractivity contribution in [3.05, 3.63) is 21.9 Å². The van der Waals surface area contributed by atoms with Crippen molar-refractivity contribution in [3.63, 3.8) is 0 Å². The number of rotatable bonds is 1. The molecule has 0 aromatic carbocycles. The van der Waals surface area contributed by atoms with Gasteiger partial charge in [-0.05, 0) is 23.9 Å². The van der Waals surface area contributed by atoms with Gasteiger partial charge >= 0.3 is 0 Å². The molecule has 3 heteroatoms. The Labute approximate surface area is 72.9 Å². The number of aliphatic hydroxyl groups is 1. The fourth-order valence-electron chi connectivity index (χ4n) is 1.07. The Balaban J connectivity index is 2.70. The average Bonchev–Trinajstić information content (AvgIpc) is 2.53. The molecule has 58 valence electrons. The lowest BCUT2D eigenvalue weighted by Crippen LogP contribution is -1.71. The van der Waals surface area contributed by atoms with Crippen molar-refractivity contribution in [1.29, 1.82) is 0 Å². The molecule has 0 spiro atoms. The summed E-state index contributed by atoms with van der Waals surface area (Å²) in [5, 5.41) is 12.3. The molecule has 0 amide bonds. The minimum atomic E-state index is 0.172. The van der Waals surface area contributed by atoms with Crippen LogP contribution in [0.15, 0.2) is 11.4 Å². The highest BCUT2D eigenvalue weighted by molar-refractivity contribution is 7.37. The predicted octanol–water partition coefficient (Wildman–Crippen LogP) is 2.76. The van der Waals surface area contributed by atoms with Gasteiger partial charge in [0.1, 0.15) is 0 Å². The Morgan fingerprint density at radius 3 is 3.00 bits per heavy atom. The summed E-state index contributed by atoms with van der Waals surface area (Å²) < 4.78 is 1.33. The number of fused-ring (bicyclic) bond motifs is 1. The van der Waals surface area contributed by atoms with Gasteiger partial charge in [0.2, 0.25) is 0 Å². The van der Waals surface area contributed by atoms with Crippen molar-refractivity contribution < 1.29 is 5.11 Å². The summed E-state index contributed by atoms with van der Waals surface area (Å²) in [6, 6.07) is 2.08. The van der Waals surface area contributed by atoms with E-state index in [-0.39, 0.29) is 6.61 Å². The second-order valence-corrected chi connectivity index (χ2v) is 4.77. The van der Waals surface area contributed by atoms with E-state index in [2.05, 4.69) is 18.4 Å². The molecule has 0 bridgehead atoms. The molecule has 0 radical (unpaired) electrons. The number of aryl methyl sites for hydroxylation is 1. The molecule has 0 saturated heterocycles.